The molecule has 0 aliphatic heterocycles. The number of aromatic amines is 1. The van der Waals surface area contributed by atoms with Crippen LogP contribution in [0.3, 0.4) is 0 Å². The van der Waals surface area contributed by atoms with E-state index in [0.29, 0.717) is 0 Å². The lowest BCUT2D eigenvalue weighted by Gasteiger charge is -2.09. The Morgan fingerprint density at radius 2 is 1.95 bits per heavy atom. The molecule has 0 fully saturated rings. The van der Waals surface area contributed by atoms with Crippen LogP contribution in [0.5, 0.6) is 0 Å². The number of carbonyl (C=O) groups is 1. The Balaban J connectivity index is 1.91. The van der Waals surface area contributed by atoms with Crippen molar-refractivity contribution < 1.29 is 4.79 Å². The normalized spacial score (nSPS) is 12.5. The topological polar surface area (TPSA) is 45.8 Å². The molecule has 21 heavy (non-hydrogen) atoms. The van der Waals surface area contributed by atoms with E-state index < -0.39 is 0 Å². The first-order chi connectivity index (χ1) is 10.2. The summed E-state index contributed by atoms with van der Waals surface area (Å²) >= 11 is 1.49. The lowest BCUT2D eigenvalue weighted by molar-refractivity contribution is 0.0995. The highest BCUT2D eigenvalue weighted by Gasteiger charge is 2.22. The van der Waals surface area contributed by atoms with Crippen LogP contribution in [0, 0.1) is 6.92 Å². The van der Waals surface area contributed by atoms with Crippen LogP contribution in [-0.4, -0.2) is 21.0 Å². The Kier molecular flexibility index (Phi) is 3.80. The minimum absolute atomic E-state index is 0.139. The fraction of sp³-hybridized carbons (Fsp3) is 0.176. The fourth-order valence-electron chi connectivity index (χ4n) is 2.45. The molecule has 4 heteroatoms. The molecule has 1 atom stereocenters. The monoisotopic (exact) mass is 296 g/mol. The van der Waals surface area contributed by atoms with Crippen molar-refractivity contribution in [3.8, 4) is 0 Å². The van der Waals surface area contributed by atoms with Crippen molar-refractivity contribution in [3.63, 3.8) is 0 Å². The number of aryl methyl sites for hydroxylation is 1. The number of H-pyrrole nitrogens is 1. The molecule has 1 aromatic carbocycles. The molecule has 106 valence electrons. The smallest absolute Gasteiger partial charge is 0.178 e. The van der Waals surface area contributed by atoms with Crippen LogP contribution < -0.4 is 0 Å². The first-order valence-electron chi connectivity index (χ1n) is 6.86. The second-order valence-electron chi connectivity index (χ2n) is 4.96. The SMILES string of the molecule is Cc1[nH]c2ccccc2c1C(=O)C(C)Sc1ccccn1. The number of thioether (sulfide) groups is 1. The van der Waals surface area contributed by atoms with Crippen molar-refractivity contribution >= 4 is 28.4 Å². The van der Waals surface area contributed by atoms with Gasteiger partial charge in [-0.2, -0.15) is 0 Å². The quantitative estimate of drug-likeness (QED) is 0.578. The molecule has 0 amide bonds. The van der Waals surface area contributed by atoms with E-state index in [4.69, 9.17) is 0 Å². The Morgan fingerprint density at radius 3 is 2.71 bits per heavy atom. The van der Waals surface area contributed by atoms with Gasteiger partial charge in [0.2, 0.25) is 0 Å². The minimum Gasteiger partial charge on any atom is -0.358 e. The number of ketones is 1. The standard InChI is InChI=1S/C17H16N2OS/c1-11-16(13-7-3-4-8-14(13)19-11)17(20)12(2)21-15-9-5-6-10-18-15/h3-10,12,19H,1-2H3. The van der Waals surface area contributed by atoms with Gasteiger partial charge in [0.1, 0.15) is 0 Å². The molecule has 0 bridgehead atoms. The molecular formula is C17H16N2OS. The molecule has 3 aromatic rings. The van der Waals surface area contributed by atoms with E-state index in [1.807, 2.05) is 56.3 Å². The third kappa shape index (κ3) is 2.72. The number of hydrogen-bond donors (Lipinski definition) is 1. The zero-order valence-electron chi connectivity index (χ0n) is 12.0. The van der Waals surface area contributed by atoms with Crippen LogP contribution in [0.2, 0.25) is 0 Å². The molecule has 2 heterocycles. The van der Waals surface area contributed by atoms with Gasteiger partial charge in [-0.1, -0.05) is 36.0 Å². The molecular weight excluding hydrogens is 280 g/mol. The van der Waals surface area contributed by atoms with Crippen LogP contribution in [0.25, 0.3) is 10.9 Å². The molecule has 0 saturated carbocycles. The van der Waals surface area contributed by atoms with E-state index in [-0.39, 0.29) is 11.0 Å². The summed E-state index contributed by atoms with van der Waals surface area (Å²) in [5.74, 6) is 0.139. The van der Waals surface area contributed by atoms with Crippen LogP contribution in [0.1, 0.15) is 23.0 Å². The molecule has 2 aromatic heterocycles. The molecule has 0 saturated heterocycles. The summed E-state index contributed by atoms with van der Waals surface area (Å²) < 4.78 is 0. The lowest BCUT2D eigenvalue weighted by Crippen LogP contribution is -2.14. The van der Waals surface area contributed by atoms with Gasteiger partial charge in [-0.3, -0.25) is 4.79 Å². The number of nitrogens with zero attached hydrogens (tertiary/aromatic N) is 1. The third-order valence-electron chi connectivity index (χ3n) is 3.44. The molecule has 0 aliphatic rings. The predicted molar refractivity (Wildman–Crippen MR) is 86.9 cm³/mol. The average molecular weight is 296 g/mol. The van der Waals surface area contributed by atoms with E-state index in [0.717, 1.165) is 27.2 Å². The van der Waals surface area contributed by atoms with E-state index >= 15 is 0 Å². The maximum atomic E-state index is 12.8. The Morgan fingerprint density at radius 1 is 1.19 bits per heavy atom. The Bertz CT molecular complexity index is 780. The van der Waals surface area contributed by atoms with Gasteiger partial charge in [-0.25, -0.2) is 4.98 Å². The Labute approximate surface area is 127 Å². The lowest BCUT2D eigenvalue weighted by atomic mass is 10.1. The van der Waals surface area contributed by atoms with E-state index in [1.165, 1.54) is 11.8 Å². The summed E-state index contributed by atoms with van der Waals surface area (Å²) in [6.45, 7) is 3.88. The molecule has 0 spiro atoms. The minimum atomic E-state index is -0.169. The van der Waals surface area contributed by atoms with E-state index in [9.17, 15) is 4.79 Å². The highest BCUT2D eigenvalue weighted by atomic mass is 32.2. The maximum Gasteiger partial charge on any atom is 0.178 e. The number of para-hydroxylation sites is 1. The highest BCUT2D eigenvalue weighted by Crippen LogP contribution is 2.28. The number of carbonyl (C=O) groups excluding carboxylic acids is 1. The van der Waals surface area contributed by atoms with Crippen LogP contribution in [0.15, 0.2) is 53.7 Å². The van der Waals surface area contributed by atoms with Crippen molar-refractivity contribution in [2.75, 3.05) is 0 Å². The Hall–Kier alpha value is -2.07. The summed E-state index contributed by atoms with van der Waals surface area (Å²) in [7, 11) is 0. The molecule has 0 radical (unpaired) electrons. The van der Waals surface area contributed by atoms with Crippen LogP contribution in [0.4, 0.5) is 0 Å². The largest absolute Gasteiger partial charge is 0.358 e. The van der Waals surface area contributed by atoms with Gasteiger partial charge in [-0.15, -0.1) is 0 Å². The van der Waals surface area contributed by atoms with Gasteiger partial charge in [-0.05, 0) is 32.0 Å². The van der Waals surface area contributed by atoms with Gasteiger partial charge in [0.25, 0.3) is 0 Å². The zero-order chi connectivity index (χ0) is 14.8. The van der Waals surface area contributed by atoms with Crippen LogP contribution >= 0.6 is 11.8 Å². The number of aromatic nitrogens is 2. The summed E-state index contributed by atoms with van der Waals surface area (Å²) in [5, 5.41) is 1.70. The number of nitrogens with one attached hydrogen (secondary N) is 1. The summed E-state index contributed by atoms with van der Waals surface area (Å²) in [6.07, 6.45) is 1.75. The second kappa shape index (κ2) is 5.74. The molecule has 1 unspecified atom stereocenters. The first kappa shape index (κ1) is 13.9. The fourth-order valence-corrected chi connectivity index (χ4v) is 3.31. The maximum absolute atomic E-state index is 12.8. The number of Topliss-reactive ketones (excluding diaryl/α,β-unsaturated/α-hetero) is 1. The number of fused-ring (bicyclic) bond motifs is 1. The van der Waals surface area contributed by atoms with Crippen molar-refractivity contribution in [2.24, 2.45) is 0 Å². The van der Waals surface area contributed by atoms with Gasteiger partial charge < -0.3 is 4.98 Å². The van der Waals surface area contributed by atoms with Crippen molar-refractivity contribution in [2.45, 2.75) is 24.1 Å². The summed E-state index contributed by atoms with van der Waals surface area (Å²) in [4.78, 5) is 20.3. The first-order valence-corrected chi connectivity index (χ1v) is 7.74. The molecule has 3 nitrogen and oxygen atoms in total. The zero-order valence-corrected chi connectivity index (χ0v) is 12.8. The van der Waals surface area contributed by atoms with E-state index in [1.54, 1.807) is 6.20 Å². The number of rotatable bonds is 4. The third-order valence-corrected chi connectivity index (χ3v) is 4.50. The summed E-state index contributed by atoms with van der Waals surface area (Å²) in [6, 6.07) is 13.7. The highest BCUT2D eigenvalue weighted by molar-refractivity contribution is 8.00. The summed E-state index contributed by atoms with van der Waals surface area (Å²) in [5.41, 5.74) is 2.73. The average Bonchev–Trinajstić information content (AvgIpc) is 2.83. The van der Waals surface area contributed by atoms with Gasteiger partial charge in [0, 0.05) is 28.4 Å². The van der Waals surface area contributed by atoms with Gasteiger partial charge in [0.05, 0.1) is 10.3 Å². The van der Waals surface area contributed by atoms with Gasteiger partial charge in [0.15, 0.2) is 5.78 Å². The second-order valence-corrected chi connectivity index (χ2v) is 6.32. The number of pyridine rings is 1. The van der Waals surface area contributed by atoms with Crippen LogP contribution in [-0.2, 0) is 0 Å². The molecule has 0 aliphatic carbocycles. The molecule has 1 N–H and O–H groups in total. The van der Waals surface area contributed by atoms with Gasteiger partial charge >= 0.3 is 0 Å². The predicted octanol–water partition coefficient (Wildman–Crippen LogP) is 4.23. The van der Waals surface area contributed by atoms with Crippen molar-refractivity contribution in [3.05, 3.63) is 59.9 Å². The van der Waals surface area contributed by atoms with E-state index in [2.05, 4.69) is 9.97 Å². The number of hydrogen-bond acceptors (Lipinski definition) is 3. The van der Waals surface area contributed by atoms with Crippen molar-refractivity contribution in [1.29, 1.82) is 0 Å². The van der Waals surface area contributed by atoms with Crippen molar-refractivity contribution in [1.82, 2.24) is 9.97 Å². The molecule has 3 rings (SSSR count). The number of benzene rings is 1.